The number of thiocarbonyl (C=S) groups is 1. The van der Waals surface area contributed by atoms with E-state index in [1.807, 2.05) is 18.2 Å². The summed E-state index contributed by atoms with van der Waals surface area (Å²) >= 11 is 6.82. The number of thioether (sulfide) groups is 1. The van der Waals surface area contributed by atoms with Gasteiger partial charge in [0.05, 0.1) is 16.4 Å². The number of hydrogen-bond acceptors (Lipinski definition) is 4. The molecule has 1 aliphatic rings. The molecule has 0 fully saturated rings. The molecule has 0 saturated carbocycles. The van der Waals surface area contributed by atoms with Crippen LogP contribution >= 0.6 is 24.0 Å². The summed E-state index contributed by atoms with van der Waals surface area (Å²) < 4.78 is 0. The molecule has 1 aromatic rings. The predicted molar refractivity (Wildman–Crippen MR) is 79.0 cm³/mol. The summed E-state index contributed by atoms with van der Waals surface area (Å²) in [5, 5.41) is 1.64. The number of carbonyl (C=O) groups excluding carboxylic acids is 2. The zero-order valence-corrected chi connectivity index (χ0v) is 12.1. The van der Waals surface area contributed by atoms with Crippen molar-refractivity contribution in [3.05, 3.63) is 29.8 Å². The first-order valence-corrected chi connectivity index (χ1v) is 7.30. The fourth-order valence-electron chi connectivity index (χ4n) is 1.68. The van der Waals surface area contributed by atoms with Crippen molar-refractivity contribution >= 4 is 40.7 Å². The highest BCUT2D eigenvalue weighted by molar-refractivity contribution is 7.99. The van der Waals surface area contributed by atoms with E-state index in [2.05, 4.69) is 5.43 Å². The van der Waals surface area contributed by atoms with Crippen molar-refractivity contribution in [1.29, 1.82) is 0 Å². The first kappa shape index (κ1) is 14.0. The van der Waals surface area contributed by atoms with E-state index in [0.29, 0.717) is 29.3 Å². The van der Waals surface area contributed by atoms with Gasteiger partial charge in [0.1, 0.15) is 5.78 Å². The molecule has 0 aromatic heterocycles. The molecular weight excluding hydrogens is 280 g/mol. The minimum Gasteiger partial charge on any atom is -0.300 e. The maximum Gasteiger partial charge on any atom is 0.270 e. The largest absolute Gasteiger partial charge is 0.300 e. The summed E-state index contributed by atoms with van der Waals surface area (Å²) in [5.41, 5.74) is 3.44. The quantitative estimate of drug-likeness (QED) is 0.868. The van der Waals surface area contributed by atoms with Gasteiger partial charge in [-0.3, -0.25) is 15.2 Å². The second-order valence-electron chi connectivity index (χ2n) is 4.23. The van der Waals surface area contributed by atoms with Gasteiger partial charge in [-0.15, -0.1) is 11.8 Å². The molecule has 1 N–H and O–H groups in total. The van der Waals surface area contributed by atoms with Gasteiger partial charge in [-0.2, -0.15) is 0 Å². The van der Waals surface area contributed by atoms with E-state index < -0.39 is 0 Å². The van der Waals surface area contributed by atoms with Gasteiger partial charge in [0.25, 0.3) is 5.91 Å². The molecule has 0 saturated heterocycles. The predicted octanol–water partition coefficient (Wildman–Crippen LogP) is 2.39. The summed E-state index contributed by atoms with van der Waals surface area (Å²) in [7, 11) is 0. The molecule has 1 aromatic carbocycles. The number of hydrogen-bond donors (Lipinski definition) is 1. The number of nitrogens with zero attached hydrogens (tertiary/aromatic N) is 1. The first-order chi connectivity index (χ1) is 9.08. The Labute approximate surface area is 121 Å². The summed E-state index contributed by atoms with van der Waals surface area (Å²) in [6, 6.07) is 7.45. The van der Waals surface area contributed by atoms with Crippen LogP contribution < -0.4 is 5.43 Å². The minimum atomic E-state index is -0.161. The van der Waals surface area contributed by atoms with Crippen LogP contribution in [-0.4, -0.2) is 27.6 Å². The third-order valence-corrected chi connectivity index (χ3v) is 4.19. The van der Waals surface area contributed by atoms with Gasteiger partial charge in [-0.05, 0) is 19.1 Å². The van der Waals surface area contributed by atoms with E-state index in [4.69, 9.17) is 12.2 Å². The third-order valence-electron chi connectivity index (χ3n) is 2.71. The molecule has 6 heteroatoms. The lowest BCUT2D eigenvalue weighted by atomic mass is 10.2. The van der Waals surface area contributed by atoms with Crippen LogP contribution in [0.3, 0.4) is 0 Å². The Morgan fingerprint density at radius 1 is 1.42 bits per heavy atom. The highest BCUT2D eigenvalue weighted by atomic mass is 32.2. The molecule has 0 spiro atoms. The molecule has 100 valence electrons. The number of amides is 1. The van der Waals surface area contributed by atoms with Crippen LogP contribution in [-0.2, 0) is 4.79 Å². The lowest BCUT2D eigenvalue weighted by Crippen LogP contribution is -2.44. The van der Waals surface area contributed by atoms with Crippen molar-refractivity contribution < 1.29 is 9.59 Å². The monoisotopic (exact) mass is 294 g/mol. The van der Waals surface area contributed by atoms with E-state index in [1.54, 1.807) is 22.8 Å². The molecular formula is C13H14N2O2S2. The van der Waals surface area contributed by atoms with Crippen molar-refractivity contribution in [1.82, 2.24) is 10.4 Å². The third kappa shape index (κ3) is 3.54. The van der Waals surface area contributed by atoms with Gasteiger partial charge in [-0.25, -0.2) is 0 Å². The molecule has 4 nitrogen and oxygen atoms in total. The normalized spacial score (nSPS) is 14.4. The number of benzene rings is 1. The minimum absolute atomic E-state index is 0.0967. The van der Waals surface area contributed by atoms with Gasteiger partial charge >= 0.3 is 0 Å². The topological polar surface area (TPSA) is 49.4 Å². The Bertz CT molecular complexity index is 531. The first-order valence-electron chi connectivity index (χ1n) is 5.90. The fourth-order valence-corrected chi connectivity index (χ4v) is 2.96. The SMILES string of the molecule is CC(=O)CCC(=S)N1CSc2ccccc2C(=O)N1. The second-order valence-corrected chi connectivity index (χ2v) is 5.69. The Hall–Kier alpha value is -1.40. The van der Waals surface area contributed by atoms with E-state index in [0.717, 1.165) is 4.90 Å². The molecule has 0 radical (unpaired) electrons. The Morgan fingerprint density at radius 3 is 2.89 bits per heavy atom. The van der Waals surface area contributed by atoms with Crippen molar-refractivity contribution in [2.24, 2.45) is 0 Å². The number of ketones is 1. The van der Waals surface area contributed by atoms with Gasteiger partial charge in [-0.1, -0.05) is 24.4 Å². The molecule has 0 atom stereocenters. The highest BCUT2D eigenvalue weighted by Gasteiger charge is 2.21. The van der Waals surface area contributed by atoms with E-state index >= 15 is 0 Å². The van der Waals surface area contributed by atoms with Crippen molar-refractivity contribution in [2.75, 3.05) is 5.88 Å². The van der Waals surface area contributed by atoms with Crippen molar-refractivity contribution in [3.63, 3.8) is 0 Å². The molecule has 19 heavy (non-hydrogen) atoms. The smallest absolute Gasteiger partial charge is 0.270 e. The van der Waals surface area contributed by atoms with Crippen LogP contribution in [0, 0.1) is 0 Å². The zero-order valence-electron chi connectivity index (χ0n) is 10.5. The molecule has 2 rings (SSSR count). The van der Waals surface area contributed by atoms with Crippen LogP contribution in [0.5, 0.6) is 0 Å². The van der Waals surface area contributed by atoms with E-state index in [1.165, 1.54) is 6.92 Å². The maximum absolute atomic E-state index is 12.1. The van der Waals surface area contributed by atoms with E-state index in [-0.39, 0.29) is 11.7 Å². The summed E-state index contributed by atoms with van der Waals surface area (Å²) in [6.07, 6.45) is 0.894. The lowest BCUT2D eigenvalue weighted by molar-refractivity contribution is -0.116. The number of hydrazine groups is 1. The Morgan fingerprint density at radius 2 is 2.16 bits per heavy atom. The number of nitrogens with one attached hydrogen (secondary N) is 1. The molecule has 0 bridgehead atoms. The highest BCUT2D eigenvalue weighted by Crippen LogP contribution is 2.26. The average molecular weight is 294 g/mol. The molecule has 1 heterocycles. The summed E-state index contributed by atoms with van der Waals surface area (Å²) in [4.78, 5) is 24.6. The van der Waals surface area contributed by atoms with Crippen LogP contribution in [0.1, 0.15) is 30.1 Å². The van der Waals surface area contributed by atoms with Gasteiger partial charge < -0.3 is 4.79 Å². The van der Waals surface area contributed by atoms with Crippen LogP contribution in [0.2, 0.25) is 0 Å². The lowest BCUT2D eigenvalue weighted by Gasteiger charge is -2.22. The Kier molecular flexibility index (Phi) is 4.55. The van der Waals surface area contributed by atoms with Crippen LogP contribution in [0.25, 0.3) is 0 Å². The molecule has 0 unspecified atom stereocenters. The fraction of sp³-hybridized carbons (Fsp3) is 0.308. The molecule has 1 amide bonds. The van der Waals surface area contributed by atoms with Crippen molar-refractivity contribution in [3.8, 4) is 0 Å². The number of Topliss-reactive ketones (excluding diaryl/α,β-unsaturated/α-hetero) is 1. The van der Waals surface area contributed by atoms with Gasteiger partial charge in [0.15, 0.2) is 0 Å². The summed E-state index contributed by atoms with van der Waals surface area (Å²) in [6.45, 7) is 1.54. The Balaban J connectivity index is 2.07. The standard InChI is InChI=1S/C13H14N2O2S2/c1-9(16)6-7-12(18)15-8-19-11-5-3-2-4-10(11)13(17)14-15/h2-5H,6-8H2,1H3,(H,14,17). The number of rotatable bonds is 3. The molecule has 0 aliphatic carbocycles. The van der Waals surface area contributed by atoms with Crippen molar-refractivity contribution in [2.45, 2.75) is 24.7 Å². The number of carbonyl (C=O) groups is 2. The second kappa shape index (κ2) is 6.16. The summed E-state index contributed by atoms with van der Waals surface area (Å²) in [5.74, 6) is 0.490. The van der Waals surface area contributed by atoms with E-state index in [9.17, 15) is 9.59 Å². The van der Waals surface area contributed by atoms with Crippen LogP contribution in [0.4, 0.5) is 0 Å². The average Bonchev–Trinajstić information content (AvgIpc) is 2.56. The van der Waals surface area contributed by atoms with Crippen LogP contribution in [0.15, 0.2) is 29.2 Å². The maximum atomic E-state index is 12.1. The number of fused-ring (bicyclic) bond motifs is 1. The zero-order chi connectivity index (χ0) is 13.8. The molecule has 1 aliphatic heterocycles. The van der Waals surface area contributed by atoms with Gasteiger partial charge in [0, 0.05) is 17.7 Å². The van der Waals surface area contributed by atoms with Gasteiger partial charge in [0.2, 0.25) is 0 Å².